The number of nitrogens with one attached hydrogen (secondary N) is 2. The lowest BCUT2D eigenvalue weighted by molar-refractivity contribution is -0.113. The molecule has 0 aliphatic rings. The summed E-state index contributed by atoms with van der Waals surface area (Å²) in [6, 6.07) is 12.1. The fourth-order valence-electron chi connectivity index (χ4n) is 2.40. The van der Waals surface area contributed by atoms with E-state index in [2.05, 4.69) is 53.7 Å². The van der Waals surface area contributed by atoms with Gasteiger partial charge < -0.3 is 10.6 Å². The molecule has 7 heteroatoms. The van der Waals surface area contributed by atoms with Crippen molar-refractivity contribution in [2.75, 3.05) is 16.4 Å². The molecule has 2 aromatic carbocycles. The van der Waals surface area contributed by atoms with Crippen LogP contribution in [0, 0.1) is 27.7 Å². The molecule has 0 aliphatic carbocycles. The molecule has 1 aromatic heterocycles. The summed E-state index contributed by atoms with van der Waals surface area (Å²) < 4.78 is 0.761. The van der Waals surface area contributed by atoms with Gasteiger partial charge in [-0.1, -0.05) is 35.2 Å². The molecule has 0 saturated heterocycles. The van der Waals surface area contributed by atoms with Gasteiger partial charge in [-0.3, -0.25) is 4.79 Å². The van der Waals surface area contributed by atoms with Gasteiger partial charge in [0.2, 0.25) is 11.0 Å². The fraction of sp³-hybridized carbons (Fsp3) is 0.250. The third-order valence-electron chi connectivity index (χ3n) is 4.28. The first kappa shape index (κ1) is 19.4. The molecular weight excluding hydrogens is 376 g/mol. The molecule has 0 fully saturated rings. The van der Waals surface area contributed by atoms with Crippen LogP contribution in [-0.4, -0.2) is 21.9 Å². The van der Waals surface area contributed by atoms with E-state index in [1.165, 1.54) is 39.8 Å². The van der Waals surface area contributed by atoms with Gasteiger partial charge in [-0.25, -0.2) is 0 Å². The minimum absolute atomic E-state index is 0.0536. The van der Waals surface area contributed by atoms with Crippen molar-refractivity contribution in [3.8, 4) is 0 Å². The summed E-state index contributed by atoms with van der Waals surface area (Å²) in [5, 5.41) is 15.2. The lowest BCUT2D eigenvalue weighted by atomic mass is 10.1. The highest BCUT2D eigenvalue weighted by Gasteiger charge is 2.09. The Morgan fingerprint density at radius 3 is 2.22 bits per heavy atom. The van der Waals surface area contributed by atoms with Crippen molar-refractivity contribution in [1.29, 1.82) is 0 Å². The summed E-state index contributed by atoms with van der Waals surface area (Å²) in [5.74, 6) is 0.243. The maximum atomic E-state index is 12.2. The van der Waals surface area contributed by atoms with Crippen molar-refractivity contribution in [2.45, 2.75) is 32.0 Å². The molecule has 0 unspecified atom stereocenters. The van der Waals surface area contributed by atoms with Crippen LogP contribution < -0.4 is 10.6 Å². The van der Waals surface area contributed by atoms with Crippen LogP contribution in [0.5, 0.6) is 0 Å². The molecule has 140 valence electrons. The largest absolute Gasteiger partial charge is 0.330 e. The minimum atomic E-state index is -0.0536. The Bertz CT molecular complexity index is 968. The predicted molar refractivity (Wildman–Crippen MR) is 114 cm³/mol. The molecule has 3 rings (SSSR count). The van der Waals surface area contributed by atoms with Gasteiger partial charge in [0.15, 0.2) is 4.34 Å². The highest BCUT2D eigenvalue weighted by Crippen LogP contribution is 2.28. The highest BCUT2D eigenvalue weighted by molar-refractivity contribution is 8.01. The summed E-state index contributed by atoms with van der Waals surface area (Å²) in [6.07, 6.45) is 0. The van der Waals surface area contributed by atoms with Crippen LogP contribution in [0.1, 0.15) is 22.3 Å². The summed E-state index contributed by atoms with van der Waals surface area (Å²) in [5.41, 5.74) is 6.65. The minimum Gasteiger partial charge on any atom is -0.330 e. The molecular formula is C20H22N4OS2. The average Bonchev–Trinajstić information content (AvgIpc) is 3.07. The molecule has 0 spiro atoms. The molecule has 0 saturated carbocycles. The monoisotopic (exact) mass is 398 g/mol. The van der Waals surface area contributed by atoms with Gasteiger partial charge in [-0.2, -0.15) is 0 Å². The number of carbonyl (C=O) groups is 1. The number of carbonyl (C=O) groups excluding carboxylic acids is 1. The summed E-state index contributed by atoms with van der Waals surface area (Å²) in [4.78, 5) is 12.2. The second-order valence-corrected chi connectivity index (χ2v) is 8.63. The van der Waals surface area contributed by atoms with Gasteiger partial charge in [-0.15, -0.1) is 10.2 Å². The highest BCUT2D eigenvalue weighted by atomic mass is 32.2. The number of hydrogen-bond donors (Lipinski definition) is 2. The number of aromatic nitrogens is 2. The maximum absolute atomic E-state index is 12.2. The van der Waals surface area contributed by atoms with Gasteiger partial charge in [0.1, 0.15) is 0 Å². The number of benzene rings is 2. The number of hydrogen-bond acceptors (Lipinski definition) is 6. The lowest BCUT2D eigenvalue weighted by Gasteiger charge is -2.07. The van der Waals surface area contributed by atoms with Crippen LogP contribution in [0.2, 0.25) is 0 Å². The van der Waals surface area contributed by atoms with E-state index in [1.807, 2.05) is 31.2 Å². The molecule has 1 heterocycles. The van der Waals surface area contributed by atoms with Gasteiger partial charge in [0.25, 0.3) is 0 Å². The van der Waals surface area contributed by atoms with Crippen LogP contribution in [-0.2, 0) is 4.79 Å². The number of amides is 1. The lowest BCUT2D eigenvalue weighted by Crippen LogP contribution is -2.14. The molecule has 0 bridgehead atoms. The fourth-order valence-corrected chi connectivity index (χ4v) is 3.98. The molecule has 1 amide bonds. The second-order valence-electron chi connectivity index (χ2n) is 6.43. The Morgan fingerprint density at radius 1 is 0.926 bits per heavy atom. The van der Waals surface area contributed by atoms with Crippen LogP contribution in [0.4, 0.5) is 16.5 Å². The quantitative estimate of drug-likeness (QED) is 0.555. The summed E-state index contributed by atoms with van der Waals surface area (Å²) in [7, 11) is 0. The van der Waals surface area contributed by atoms with E-state index in [0.29, 0.717) is 5.75 Å². The van der Waals surface area contributed by atoms with E-state index in [4.69, 9.17) is 0 Å². The molecule has 3 aromatic rings. The second kappa shape index (κ2) is 8.54. The Kier molecular flexibility index (Phi) is 6.13. The van der Waals surface area contributed by atoms with Gasteiger partial charge in [0, 0.05) is 11.4 Å². The molecule has 0 aliphatic heterocycles. The normalized spacial score (nSPS) is 10.7. The first-order valence-corrected chi connectivity index (χ1v) is 10.4. The van der Waals surface area contributed by atoms with Crippen LogP contribution >= 0.6 is 23.1 Å². The average molecular weight is 399 g/mol. The summed E-state index contributed by atoms with van der Waals surface area (Å²) in [6.45, 7) is 8.25. The van der Waals surface area contributed by atoms with E-state index in [9.17, 15) is 4.79 Å². The first-order valence-electron chi connectivity index (χ1n) is 8.58. The SMILES string of the molecule is Cc1ccc(NC(=O)CSc2nnc(Nc3ccc(C)c(C)c3)s2)cc1C. The number of thioether (sulfide) groups is 1. The number of aryl methyl sites for hydroxylation is 4. The summed E-state index contributed by atoms with van der Waals surface area (Å²) >= 11 is 2.83. The Morgan fingerprint density at radius 2 is 1.56 bits per heavy atom. The zero-order valence-electron chi connectivity index (χ0n) is 15.8. The standard InChI is InChI=1S/C20H22N4OS2/c1-12-5-7-16(9-14(12)3)21-18(25)11-26-20-24-23-19(27-20)22-17-8-6-13(2)15(4)10-17/h5-10H,11H2,1-4H3,(H,21,25)(H,22,23). The Balaban J connectivity index is 1.53. The van der Waals surface area contributed by atoms with E-state index < -0.39 is 0 Å². The van der Waals surface area contributed by atoms with Crippen LogP contribution in [0.15, 0.2) is 40.7 Å². The van der Waals surface area contributed by atoms with Gasteiger partial charge >= 0.3 is 0 Å². The molecule has 27 heavy (non-hydrogen) atoms. The van der Waals surface area contributed by atoms with Crippen LogP contribution in [0.3, 0.4) is 0 Å². The van der Waals surface area contributed by atoms with Crippen molar-refractivity contribution < 1.29 is 4.79 Å². The van der Waals surface area contributed by atoms with Crippen molar-refractivity contribution >= 4 is 45.5 Å². The maximum Gasteiger partial charge on any atom is 0.234 e. The van der Waals surface area contributed by atoms with Crippen molar-refractivity contribution in [3.05, 3.63) is 58.7 Å². The third-order valence-corrected chi connectivity index (χ3v) is 6.25. The van der Waals surface area contributed by atoms with E-state index in [1.54, 1.807) is 0 Å². The Labute approximate surface area is 167 Å². The molecule has 5 nitrogen and oxygen atoms in total. The third kappa shape index (κ3) is 5.30. The first-order chi connectivity index (χ1) is 12.9. The van der Waals surface area contributed by atoms with Crippen molar-refractivity contribution in [2.24, 2.45) is 0 Å². The topological polar surface area (TPSA) is 66.9 Å². The van der Waals surface area contributed by atoms with E-state index in [0.717, 1.165) is 26.4 Å². The molecule has 2 N–H and O–H groups in total. The van der Waals surface area contributed by atoms with E-state index >= 15 is 0 Å². The van der Waals surface area contributed by atoms with Gasteiger partial charge in [-0.05, 0) is 74.2 Å². The van der Waals surface area contributed by atoms with Crippen molar-refractivity contribution in [1.82, 2.24) is 10.2 Å². The van der Waals surface area contributed by atoms with Crippen molar-refractivity contribution in [3.63, 3.8) is 0 Å². The zero-order valence-corrected chi connectivity index (χ0v) is 17.4. The predicted octanol–water partition coefficient (Wildman–Crippen LogP) is 5.25. The number of anilines is 3. The number of nitrogens with zero attached hydrogens (tertiary/aromatic N) is 2. The van der Waals surface area contributed by atoms with E-state index in [-0.39, 0.29) is 5.91 Å². The molecule has 0 radical (unpaired) electrons. The van der Waals surface area contributed by atoms with Gasteiger partial charge in [0.05, 0.1) is 5.75 Å². The molecule has 0 atom stereocenters. The number of rotatable bonds is 6. The zero-order chi connectivity index (χ0) is 19.4. The van der Waals surface area contributed by atoms with Crippen LogP contribution in [0.25, 0.3) is 0 Å². The smallest absolute Gasteiger partial charge is 0.234 e. The Hall–Kier alpha value is -2.38.